The number of benzene rings is 2. The molecule has 0 spiro atoms. The van der Waals surface area contributed by atoms with Crippen molar-refractivity contribution in [2.45, 2.75) is 38.0 Å². The molecule has 1 fully saturated rings. The van der Waals surface area contributed by atoms with Crippen molar-refractivity contribution < 1.29 is 23.1 Å². The molecule has 8 nitrogen and oxygen atoms in total. The number of alkyl halides is 3. The van der Waals surface area contributed by atoms with Crippen molar-refractivity contribution in [3.05, 3.63) is 71.7 Å². The molecule has 3 heterocycles. The Hall–Kier alpha value is -4.85. The number of aromatic carboxylic acids is 1. The van der Waals surface area contributed by atoms with Crippen molar-refractivity contribution in [2.75, 3.05) is 5.32 Å². The van der Waals surface area contributed by atoms with Gasteiger partial charge >= 0.3 is 12.1 Å². The van der Waals surface area contributed by atoms with Crippen LogP contribution in [0.1, 0.15) is 41.0 Å². The molecule has 11 heteroatoms. The normalized spacial score (nSPS) is 14.6. The molecular weight excluding hydrogens is 533 g/mol. The molecule has 1 aliphatic carbocycles. The van der Waals surface area contributed by atoms with Gasteiger partial charge in [0.25, 0.3) is 0 Å². The maximum Gasteiger partial charge on any atom is 0.416 e. The van der Waals surface area contributed by atoms with E-state index in [-0.39, 0.29) is 30.0 Å². The van der Waals surface area contributed by atoms with E-state index in [0.717, 1.165) is 47.9 Å². The van der Waals surface area contributed by atoms with Crippen LogP contribution in [0.15, 0.2) is 54.7 Å². The van der Waals surface area contributed by atoms with Gasteiger partial charge in [-0.25, -0.2) is 19.7 Å². The maximum atomic E-state index is 13.2. The molecule has 0 radical (unpaired) electrons. The molecule has 1 atom stereocenters. The molecule has 0 unspecified atom stereocenters. The highest BCUT2D eigenvalue weighted by Crippen LogP contribution is 2.35. The van der Waals surface area contributed by atoms with Crippen LogP contribution in [0.4, 0.5) is 19.0 Å². The molecule has 2 N–H and O–H groups in total. The first-order chi connectivity index (χ1) is 19.6. The number of fused-ring (bicyclic) bond motifs is 2. The summed E-state index contributed by atoms with van der Waals surface area (Å²) in [6.07, 6.45) is 6.26. The number of carboxylic acids is 1. The highest BCUT2D eigenvalue weighted by Gasteiger charge is 2.31. The maximum absolute atomic E-state index is 13.2. The minimum absolute atomic E-state index is 0.130. The monoisotopic (exact) mass is 558 g/mol. The molecule has 0 aliphatic heterocycles. The van der Waals surface area contributed by atoms with Gasteiger partial charge in [0, 0.05) is 36.3 Å². The third-order valence-electron chi connectivity index (χ3n) is 7.65. The Morgan fingerprint density at radius 3 is 2.54 bits per heavy atom. The van der Waals surface area contributed by atoms with E-state index in [1.165, 1.54) is 12.1 Å². The number of rotatable bonds is 7. The fourth-order valence-electron chi connectivity index (χ4n) is 5.23. The molecule has 41 heavy (non-hydrogen) atoms. The molecule has 0 saturated heterocycles. The standard InChI is InChI=1S/C30H25F3N6O2/c1-3-22(18-5-4-6-18)34-25-24-26(36-27(35-25)29(40)41)37-28(20-9-12-23-19(15-20)13-14-38(23)2)39(24)16-17-7-10-21(11-8-17)30(31,32)33/h1,7-15,18,22H,4-6,16H2,2H3,(H,40,41)(H,34,35,36)/t22-/m1/s1. The summed E-state index contributed by atoms with van der Waals surface area (Å²) in [6, 6.07) is 12.3. The number of anilines is 1. The molecule has 1 aliphatic rings. The van der Waals surface area contributed by atoms with Gasteiger partial charge in [0.15, 0.2) is 11.5 Å². The van der Waals surface area contributed by atoms with Crippen molar-refractivity contribution in [1.82, 2.24) is 24.1 Å². The number of nitrogens with one attached hydrogen (secondary N) is 1. The molecule has 3 aromatic heterocycles. The molecule has 0 amide bonds. The highest BCUT2D eigenvalue weighted by atomic mass is 19.4. The van der Waals surface area contributed by atoms with Crippen molar-refractivity contribution in [2.24, 2.45) is 13.0 Å². The van der Waals surface area contributed by atoms with Gasteiger partial charge in [0.1, 0.15) is 11.3 Å². The summed E-state index contributed by atoms with van der Waals surface area (Å²) in [5, 5.41) is 14.0. The molecule has 208 valence electrons. The van der Waals surface area contributed by atoms with Crippen molar-refractivity contribution in [3.8, 4) is 23.7 Å². The summed E-state index contributed by atoms with van der Waals surface area (Å²) in [6.45, 7) is 0.130. The second kappa shape index (κ2) is 9.96. The van der Waals surface area contributed by atoms with Crippen molar-refractivity contribution in [1.29, 1.82) is 0 Å². The molecule has 0 bridgehead atoms. The number of hydrogen-bond donors (Lipinski definition) is 2. The van der Waals surface area contributed by atoms with Crippen molar-refractivity contribution >= 4 is 33.9 Å². The lowest BCUT2D eigenvalue weighted by Gasteiger charge is -2.31. The Bertz CT molecular complexity index is 1830. The molecular formula is C30H25F3N6O2. The lowest BCUT2D eigenvalue weighted by Crippen LogP contribution is -2.33. The largest absolute Gasteiger partial charge is 0.475 e. The van der Waals surface area contributed by atoms with Crippen LogP contribution in [0.5, 0.6) is 0 Å². The van der Waals surface area contributed by atoms with Crippen LogP contribution in [-0.2, 0) is 19.8 Å². The van der Waals surface area contributed by atoms with E-state index >= 15 is 0 Å². The van der Waals surface area contributed by atoms with Gasteiger partial charge in [-0.15, -0.1) is 6.42 Å². The van der Waals surface area contributed by atoms with Gasteiger partial charge in [0.05, 0.1) is 11.6 Å². The number of halogens is 3. The van der Waals surface area contributed by atoms with Crippen LogP contribution < -0.4 is 5.32 Å². The van der Waals surface area contributed by atoms with E-state index in [9.17, 15) is 23.1 Å². The van der Waals surface area contributed by atoms with E-state index < -0.39 is 23.5 Å². The third-order valence-corrected chi connectivity index (χ3v) is 7.65. The van der Waals surface area contributed by atoms with Crippen molar-refractivity contribution in [3.63, 3.8) is 0 Å². The van der Waals surface area contributed by atoms with Crippen LogP contribution in [-0.4, -0.2) is 41.2 Å². The Morgan fingerprint density at radius 1 is 1.15 bits per heavy atom. The zero-order chi connectivity index (χ0) is 28.9. The summed E-state index contributed by atoms with van der Waals surface area (Å²) >= 11 is 0. The second-order valence-corrected chi connectivity index (χ2v) is 10.3. The van der Waals surface area contributed by atoms with Crippen LogP contribution in [0.25, 0.3) is 33.5 Å². The first kappa shape index (κ1) is 26.4. The van der Waals surface area contributed by atoms with Gasteiger partial charge in [0.2, 0.25) is 5.82 Å². The molecule has 2 aromatic carbocycles. The average molecular weight is 559 g/mol. The highest BCUT2D eigenvalue weighted by molar-refractivity contribution is 5.93. The van der Waals surface area contributed by atoms with E-state index in [1.54, 1.807) is 4.57 Å². The first-order valence-electron chi connectivity index (χ1n) is 13.1. The zero-order valence-corrected chi connectivity index (χ0v) is 22.0. The quantitative estimate of drug-likeness (QED) is 0.239. The van der Waals surface area contributed by atoms with E-state index in [2.05, 4.69) is 21.2 Å². The number of carbonyl (C=O) groups is 1. The Balaban J connectivity index is 1.55. The predicted octanol–water partition coefficient (Wildman–Crippen LogP) is 5.96. The smallest absolute Gasteiger partial charge is 0.416 e. The number of imidazole rings is 1. The van der Waals surface area contributed by atoms with E-state index in [1.807, 2.05) is 42.1 Å². The SMILES string of the molecule is C#C[C@@H](Nc1nc(C(=O)O)nc2nc(-c3ccc4c(ccn4C)c3)n(Cc3ccc(C(F)(F)F)cc3)c12)C1CCC1. The average Bonchev–Trinajstić information content (AvgIpc) is 3.47. The summed E-state index contributed by atoms with van der Waals surface area (Å²) in [4.78, 5) is 25.2. The van der Waals surface area contributed by atoms with Crippen LogP contribution in [0, 0.1) is 18.3 Å². The molecule has 1 saturated carbocycles. The van der Waals surface area contributed by atoms with Gasteiger partial charge in [-0.05, 0) is 60.7 Å². The van der Waals surface area contributed by atoms with Gasteiger partial charge in [-0.3, -0.25) is 0 Å². The lowest BCUT2D eigenvalue weighted by molar-refractivity contribution is -0.137. The Morgan fingerprint density at radius 2 is 1.90 bits per heavy atom. The first-order valence-corrected chi connectivity index (χ1v) is 13.1. The summed E-state index contributed by atoms with van der Waals surface area (Å²) < 4.78 is 43.5. The zero-order valence-electron chi connectivity index (χ0n) is 22.0. The van der Waals surface area contributed by atoms with Gasteiger partial charge in [-0.1, -0.05) is 24.5 Å². The molecule has 5 aromatic rings. The van der Waals surface area contributed by atoms with Gasteiger partial charge < -0.3 is 19.6 Å². The number of aromatic nitrogens is 5. The van der Waals surface area contributed by atoms with E-state index in [0.29, 0.717) is 16.9 Å². The van der Waals surface area contributed by atoms with Gasteiger partial charge in [-0.2, -0.15) is 13.2 Å². The summed E-state index contributed by atoms with van der Waals surface area (Å²) in [7, 11) is 1.94. The molecule has 6 rings (SSSR count). The fourth-order valence-corrected chi connectivity index (χ4v) is 5.23. The minimum atomic E-state index is -4.46. The topological polar surface area (TPSA) is 97.9 Å². The second-order valence-electron chi connectivity index (χ2n) is 10.3. The number of terminal acetylenes is 1. The number of hydrogen-bond acceptors (Lipinski definition) is 5. The third kappa shape index (κ3) is 4.86. The summed E-state index contributed by atoms with van der Waals surface area (Å²) in [5.74, 6) is 1.90. The minimum Gasteiger partial charge on any atom is -0.475 e. The van der Waals surface area contributed by atoms with Crippen LogP contribution in [0.2, 0.25) is 0 Å². The Labute approximate surface area is 232 Å². The van der Waals surface area contributed by atoms with E-state index in [4.69, 9.17) is 11.4 Å². The van der Waals surface area contributed by atoms with Crippen LogP contribution >= 0.6 is 0 Å². The number of nitrogens with zero attached hydrogens (tertiary/aromatic N) is 5. The summed E-state index contributed by atoms with van der Waals surface area (Å²) in [5.41, 5.74) is 2.12. The fraction of sp³-hybridized carbons (Fsp3) is 0.267. The Kier molecular flexibility index (Phi) is 6.41. The predicted molar refractivity (Wildman–Crippen MR) is 148 cm³/mol. The van der Waals surface area contributed by atoms with Crippen LogP contribution in [0.3, 0.4) is 0 Å². The lowest BCUT2D eigenvalue weighted by atomic mass is 9.80. The number of carboxylic acid groups (broad SMARTS) is 1. The number of aryl methyl sites for hydroxylation is 1.